The molecule has 1 spiro atoms. The molecule has 0 radical (unpaired) electrons. The molecule has 0 aromatic carbocycles. The van der Waals surface area contributed by atoms with Gasteiger partial charge in [0.05, 0.1) is 28.7 Å². The molecule has 362 valence electrons. The average molecular weight is 939 g/mol. The standard InChI is InChI=1S/C46H54N2O19/c1-12-21(2)39(54)66-38-34(64-41(56)28-15-16-30(53)48(11)18-28)36-44(10,58)46-35(62-26(7)51)31(33(61-25(6)50)37(63-27(8)52)45(38,46)20-59-24(5)49)43(9,67-46)19-60-42(57)29-14-13-17-47-32(29)22(3)23(4)40(55)65-36/h12-18,22-23,31,33-38,58H,19-20H2,1-11H3/b21-12+/t22-,23+,31-,33-,34+,35-,36+,37-,38+,43+,44-,45-,46+/m1/s1. The number of carbonyl (C=O) groups excluding carboxylic acids is 8. The number of fused-ring (bicyclic) bond motifs is 5. The largest absolute Gasteiger partial charge is 0.465 e. The number of rotatable bonds is 9. The van der Waals surface area contributed by atoms with Crippen molar-refractivity contribution in [2.75, 3.05) is 13.2 Å². The summed E-state index contributed by atoms with van der Waals surface area (Å²) in [4.78, 5) is 128. The predicted octanol–water partition coefficient (Wildman–Crippen LogP) is 1.97. The lowest BCUT2D eigenvalue weighted by molar-refractivity contribution is -0.386. The van der Waals surface area contributed by atoms with Crippen LogP contribution in [0.15, 0.2) is 53.1 Å². The van der Waals surface area contributed by atoms with Gasteiger partial charge in [0.25, 0.3) is 0 Å². The van der Waals surface area contributed by atoms with Crippen LogP contribution in [0.25, 0.3) is 0 Å². The Morgan fingerprint density at radius 2 is 1.46 bits per heavy atom. The Hall–Kier alpha value is -6.48. The molecule has 1 N–H and O–H groups in total. The van der Waals surface area contributed by atoms with Gasteiger partial charge in [-0.1, -0.05) is 19.9 Å². The zero-order chi connectivity index (χ0) is 49.7. The van der Waals surface area contributed by atoms with Crippen molar-refractivity contribution >= 4 is 47.8 Å². The minimum absolute atomic E-state index is 0.0728. The van der Waals surface area contributed by atoms with Gasteiger partial charge in [-0.15, -0.1) is 0 Å². The number of aliphatic hydroxyl groups is 1. The summed E-state index contributed by atoms with van der Waals surface area (Å²) < 4.78 is 57.2. The van der Waals surface area contributed by atoms with Gasteiger partial charge in [-0.3, -0.25) is 33.8 Å². The first-order valence-corrected chi connectivity index (χ1v) is 21.4. The van der Waals surface area contributed by atoms with E-state index in [1.807, 2.05) is 0 Å². The van der Waals surface area contributed by atoms with Crippen LogP contribution in [0.4, 0.5) is 0 Å². The van der Waals surface area contributed by atoms with Crippen LogP contribution in [0.1, 0.15) is 102 Å². The topological polar surface area (TPSA) is 275 Å². The van der Waals surface area contributed by atoms with E-state index in [1.54, 1.807) is 6.92 Å². The summed E-state index contributed by atoms with van der Waals surface area (Å²) in [5.74, 6) is -12.4. The summed E-state index contributed by atoms with van der Waals surface area (Å²) in [5, 5.41) is 13.8. The number of carbonyl (C=O) groups is 8. The van der Waals surface area contributed by atoms with Crippen LogP contribution in [0.5, 0.6) is 0 Å². The van der Waals surface area contributed by atoms with Crippen molar-refractivity contribution in [3.8, 4) is 0 Å². The lowest BCUT2D eigenvalue weighted by atomic mass is 9.45. The molecule has 1 saturated heterocycles. The Kier molecular flexibility index (Phi) is 13.6. The molecule has 2 aromatic heterocycles. The van der Waals surface area contributed by atoms with Crippen molar-refractivity contribution in [3.05, 3.63) is 75.5 Å². The monoisotopic (exact) mass is 938 g/mol. The van der Waals surface area contributed by atoms with Gasteiger partial charge in [0.2, 0.25) is 5.56 Å². The van der Waals surface area contributed by atoms with Crippen LogP contribution in [0.3, 0.4) is 0 Å². The number of cyclic esters (lactones) is 1. The van der Waals surface area contributed by atoms with E-state index in [4.69, 9.17) is 42.6 Å². The van der Waals surface area contributed by atoms with E-state index in [1.165, 1.54) is 59.1 Å². The molecule has 4 bridgehead atoms. The van der Waals surface area contributed by atoms with Gasteiger partial charge in [-0.25, -0.2) is 14.4 Å². The van der Waals surface area contributed by atoms with Crippen molar-refractivity contribution in [1.29, 1.82) is 0 Å². The Balaban J connectivity index is 1.83. The van der Waals surface area contributed by atoms with E-state index < -0.39 is 143 Å². The summed E-state index contributed by atoms with van der Waals surface area (Å²) in [6.45, 7) is 10.3. The number of nitrogens with zero attached hydrogens (tertiary/aromatic N) is 2. The first-order chi connectivity index (χ1) is 31.3. The van der Waals surface area contributed by atoms with E-state index in [-0.39, 0.29) is 22.4 Å². The van der Waals surface area contributed by atoms with Crippen molar-refractivity contribution in [1.82, 2.24) is 9.55 Å². The van der Waals surface area contributed by atoms with Crippen molar-refractivity contribution in [3.63, 3.8) is 0 Å². The van der Waals surface area contributed by atoms with E-state index in [0.717, 1.165) is 57.5 Å². The number of aromatic nitrogens is 2. The normalized spacial score (nSPS) is 34.5. The lowest BCUT2D eigenvalue weighted by Crippen LogP contribution is -2.89. The Morgan fingerprint density at radius 3 is 2.06 bits per heavy atom. The number of aryl methyl sites for hydroxylation is 1. The Bertz CT molecular complexity index is 2480. The van der Waals surface area contributed by atoms with Crippen LogP contribution in [0, 0.1) is 17.3 Å². The predicted molar refractivity (Wildman–Crippen MR) is 224 cm³/mol. The number of hydrogen-bond acceptors (Lipinski definition) is 20. The molecule has 2 aromatic rings. The quantitative estimate of drug-likeness (QED) is 0.214. The molecule has 2 saturated carbocycles. The highest BCUT2D eigenvalue weighted by Gasteiger charge is 2.92. The van der Waals surface area contributed by atoms with Crippen molar-refractivity contribution in [2.24, 2.45) is 24.3 Å². The van der Waals surface area contributed by atoms with Crippen LogP contribution in [-0.4, -0.2) is 129 Å². The Morgan fingerprint density at radius 1 is 0.836 bits per heavy atom. The third kappa shape index (κ3) is 8.36. The molecular formula is C46H54N2O19. The lowest BCUT2D eigenvalue weighted by Gasteiger charge is -2.67. The molecule has 21 nitrogen and oxygen atoms in total. The van der Waals surface area contributed by atoms with Gasteiger partial charge < -0.3 is 52.3 Å². The molecule has 13 atom stereocenters. The van der Waals surface area contributed by atoms with Crippen LogP contribution in [-0.2, 0) is 78.4 Å². The molecule has 0 unspecified atom stereocenters. The summed E-state index contributed by atoms with van der Waals surface area (Å²) in [5.41, 5.74) is -11.6. The molecule has 67 heavy (non-hydrogen) atoms. The van der Waals surface area contributed by atoms with Gasteiger partial charge in [0.15, 0.2) is 30.0 Å². The minimum atomic E-state index is -2.96. The first kappa shape index (κ1) is 49.9. The number of pyridine rings is 2. The molecule has 0 amide bonds. The maximum Gasteiger partial charge on any atom is 0.340 e. The maximum atomic E-state index is 14.8. The fourth-order valence-corrected chi connectivity index (χ4v) is 10.1. The zero-order valence-electron chi connectivity index (χ0n) is 38.8. The Labute approximate surface area is 384 Å². The molecule has 21 heteroatoms. The summed E-state index contributed by atoms with van der Waals surface area (Å²) >= 11 is 0. The van der Waals surface area contributed by atoms with E-state index >= 15 is 0 Å². The van der Waals surface area contributed by atoms with Crippen LogP contribution in [0.2, 0.25) is 0 Å². The van der Waals surface area contributed by atoms with E-state index in [2.05, 4.69) is 4.98 Å². The zero-order valence-corrected chi connectivity index (χ0v) is 38.8. The third-order valence-electron chi connectivity index (χ3n) is 13.4. The molecule has 2 aliphatic heterocycles. The molecule has 2 aliphatic carbocycles. The highest BCUT2D eigenvalue weighted by atomic mass is 16.7. The van der Waals surface area contributed by atoms with E-state index in [9.17, 15) is 48.3 Å². The van der Waals surface area contributed by atoms with Gasteiger partial charge in [-0.2, -0.15) is 0 Å². The molecule has 4 aliphatic rings. The van der Waals surface area contributed by atoms with Gasteiger partial charge in [0, 0.05) is 64.7 Å². The second kappa shape index (κ2) is 18.3. The second-order valence-electron chi connectivity index (χ2n) is 17.8. The fourth-order valence-electron chi connectivity index (χ4n) is 10.1. The molecular weight excluding hydrogens is 885 g/mol. The van der Waals surface area contributed by atoms with Gasteiger partial charge >= 0.3 is 47.8 Å². The molecule has 3 fully saturated rings. The van der Waals surface area contributed by atoms with Crippen LogP contribution < -0.4 is 5.56 Å². The highest BCUT2D eigenvalue weighted by molar-refractivity contribution is 5.91. The highest BCUT2D eigenvalue weighted by Crippen LogP contribution is 2.70. The first-order valence-electron chi connectivity index (χ1n) is 21.4. The van der Waals surface area contributed by atoms with Crippen molar-refractivity contribution in [2.45, 2.75) is 129 Å². The third-order valence-corrected chi connectivity index (χ3v) is 13.4. The summed E-state index contributed by atoms with van der Waals surface area (Å²) in [7, 11) is 1.35. The van der Waals surface area contributed by atoms with Crippen molar-refractivity contribution < 1.29 is 86.1 Å². The number of hydrogen-bond donors (Lipinski definition) is 1. The number of ether oxygens (including phenoxy) is 9. The summed E-state index contributed by atoms with van der Waals surface area (Å²) in [6, 6.07) is 5.04. The summed E-state index contributed by atoms with van der Waals surface area (Å²) in [6.07, 6.45) is -8.94. The minimum Gasteiger partial charge on any atom is -0.465 e. The fraction of sp³-hybridized carbons (Fsp3) is 0.565. The average Bonchev–Trinajstić information content (AvgIpc) is 3.48. The number of esters is 8. The SMILES string of the molecule is C/C=C(\C)C(=O)O[C@H]1[C@@H](OC(=O)c2ccc(=O)n(C)c2)[C@@H]2OC(=O)[C@@H](C)[C@@H](C)c3ncccc3C(=O)OC[C@]3(C)O[C@@]4([C@H](OC(C)=O)[C@H]3[C@@H](OC(C)=O)[C@@H](OC(C)=O)[C@]14COC(C)=O)[C@]2(C)O. The number of allylic oxidation sites excluding steroid dienone is 1. The van der Waals surface area contributed by atoms with Crippen LogP contribution >= 0.6 is 0 Å². The van der Waals surface area contributed by atoms with E-state index in [0.29, 0.717) is 0 Å². The molecule has 4 heterocycles. The smallest absolute Gasteiger partial charge is 0.340 e. The van der Waals surface area contributed by atoms with Gasteiger partial charge in [-0.05, 0) is 45.9 Å². The van der Waals surface area contributed by atoms with Gasteiger partial charge in [0.1, 0.15) is 42.0 Å². The maximum absolute atomic E-state index is 14.8. The molecule has 6 rings (SSSR count). The second-order valence-corrected chi connectivity index (χ2v) is 17.8.